The summed E-state index contributed by atoms with van der Waals surface area (Å²) in [7, 11) is 0. The molecule has 1 nitrogen and oxygen atoms in total. The normalized spacial score (nSPS) is 25.7. The Bertz CT molecular complexity index is 631. The van der Waals surface area contributed by atoms with Crippen LogP contribution in [0.5, 0.6) is 5.75 Å². The second-order valence-electron chi connectivity index (χ2n) is 9.44. The predicted molar refractivity (Wildman–Crippen MR) is 112 cm³/mol. The summed E-state index contributed by atoms with van der Waals surface area (Å²) in [6, 6.07) is 4.32. The lowest BCUT2D eigenvalue weighted by Gasteiger charge is -2.50. The molecule has 0 N–H and O–H groups in total. The number of unbranched alkanes of at least 4 members (excludes halogenated alkanes) is 1. The summed E-state index contributed by atoms with van der Waals surface area (Å²) in [5.41, 5.74) is 0.807. The first-order valence-corrected chi connectivity index (χ1v) is 11.7. The molecule has 164 valence electrons. The van der Waals surface area contributed by atoms with Crippen LogP contribution in [0.2, 0.25) is 0 Å². The van der Waals surface area contributed by atoms with Crippen molar-refractivity contribution in [3.8, 4) is 5.75 Å². The molecule has 1 aromatic carbocycles. The van der Waals surface area contributed by atoms with Crippen molar-refractivity contribution in [3.05, 3.63) is 29.6 Å². The molecular formula is C25H37F3O. The van der Waals surface area contributed by atoms with Gasteiger partial charge in [0.2, 0.25) is 0 Å². The van der Waals surface area contributed by atoms with Gasteiger partial charge >= 0.3 is 6.61 Å². The van der Waals surface area contributed by atoms with Gasteiger partial charge in [0, 0.05) is 6.07 Å². The zero-order chi connectivity index (χ0) is 20.9. The van der Waals surface area contributed by atoms with Crippen molar-refractivity contribution in [3.63, 3.8) is 0 Å². The van der Waals surface area contributed by atoms with Gasteiger partial charge < -0.3 is 4.74 Å². The Morgan fingerprint density at radius 1 is 1.07 bits per heavy atom. The fourth-order valence-corrected chi connectivity index (χ4v) is 6.27. The Balaban J connectivity index is 1.78. The van der Waals surface area contributed by atoms with E-state index in [9.17, 15) is 13.2 Å². The van der Waals surface area contributed by atoms with Gasteiger partial charge in [0.1, 0.15) is 11.6 Å². The summed E-state index contributed by atoms with van der Waals surface area (Å²) in [5.74, 6) is 1.11. The smallest absolute Gasteiger partial charge is 0.387 e. The molecule has 0 amide bonds. The Labute approximate surface area is 174 Å². The highest BCUT2D eigenvalue weighted by molar-refractivity contribution is 5.32. The number of halogens is 3. The molecule has 29 heavy (non-hydrogen) atoms. The van der Waals surface area contributed by atoms with Crippen molar-refractivity contribution in [2.45, 2.75) is 103 Å². The minimum absolute atomic E-state index is 0.0948. The molecule has 2 saturated carbocycles. The van der Waals surface area contributed by atoms with E-state index in [-0.39, 0.29) is 17.1 Å². The maximum Gasteiger partial charge on any atom is 0.387 e. The second kappa shape index (κ2) is 10.2. The summed E-state index contributed by atoms with van der Waals surface area (Å²) in [5, 5.41) is 0. The molecule has 0 heterocycles. The van der Waals surface area contributed by atoms with Gasteiger partial charge in [0.25, 0.3) is 0 Å². The standard InChI is InChI=1S/C25H37F3O/c1-3-4-8-19-9-11-20(12-10-19)25(15-6-5-7-16-25)18(2)22-14-13-21(17-23(22)26)29-24(27)28/h13-14,17-20,24H,3-12,15-16H2,1-2H3. The van der Waals surface area contributed by atoms with Gasteiger partial charge in [-0.25, -0.2) is 4.39 Å². The van der Waals surface area contributed by atoms with Gasteiger partial charge in [-0.1, -0.05) is 71.3 Å². The van der Waals surface area contributed by atoms with Crippen LogP contribution < -0.4 is 4.74 Å². The lowest BCUT2D eigenvalue weighted by molar-refractivity contribution is -0.0500. The van der Waals surface area contributed by atoms with E-state index in [1.54, 1.807) is 6.07 Å². The van der Waals surface area contributed by atoms with Crippen molar-refractivity contribution in [1.82, 2.24) is 0 Å². The summed E-state index contributed by atoms with van der Waals surface area (Å²) in [4.78, 5) is 0. The number of alkyl halides is 2. The molecular weight excluding hydrogens is 373 g/mol. The van der Waals surface area contributed by atoms with Crippen LogP contribution >= 0.6 is 0 Å². The third-order valence-electron chi connectivity index (χ3n) is 7.94. The SMILES string of the molecule is CCCCC1CCC(C2(C(C)c3ccc(OC(F)F)cc3F)CCCCC2)CC1. The van der Waals surface area contributed by atoms with Crippen molar-refractivity contribution in [2.75, 3.05) is 0 Å². The largest absolute Gasteiger partial charge is 0.435 e. The number of rotatable bonds is 8. The molecule has 0 saturated heterocycles. The highest BCUT2D eigenvalue weighted by atomic mass is 19.3. The minimum atomic E-state index is -2.93. The predicted octanol–water partition coefficient (Wildman–Crippen LogP) is 8.48. The maximum atomic E-state index is 14.9. The molecule has 2 aliphatic rings. The average molecular weight is 411 g/mol. The van der Waals surface area contributed by atoms with E-state index in [1.807, 2.05) is 0 Å². The fraction of sp³-hybridized carbons (Fsp3) is 0.760. The molecule has 2 aliphatic carbocycles. The van der Waals surface area contributed by atoms with Crippen LogP contribution in [0.15, 0.2) is 18.2 Å². The van der Waals surface area contributed by atoms with Crippen LogP contribution in [0.25, 0.3) is 0 Å². The van der Waals surface area contributed by atoms with Gasteiger partial charge in [-0.3, -0.25) is 0 Å². The fourth-order valence-electron chi connectivity index (χ4n) is 6.27. The lowest BCUT2D eigenvalue weighted by Crippen LogP contribution is -2.40. The first-order valence-electron chi connectivity index (χ1n) is 11.7. The zero-order valence-electron chi connectivity index (χ0n) is 18.1. The van der Waals surface area contributed by atoms with Crippen molar-refractivity contribution < 1.29 is 17.9 Å². The van der Waals surface area contributed by atoms with Gasteiger partial charge in [0.15, 0.2) is 0 Å². The van der Waals surface area contributed by atoms with E-state index in [1.165, 1.54) is 70.3 Å². The second-order valence-corrected chi connectivity index (χ2v) is 9.44. The monoisotopic (exact) mass is 410 g/mol. The molecule has 1 unspecified atom stereocenters. The topological polar surface area (TPSA) is 9.23 Å². The Hall–Kier alpha value is -1.19. The molecule has 4 heteroatoms. The molecule has 0 spiro atoms. The van der Waals surface area contributed by atoms with Crippen LogP contribution in [0.4, 0.5) is 13.2 Å². The zero-order valence-corrected chi connectivity index (χ0v) is 18.1. The molecule has 1 aromatic rings. The summed E-state index contributed by atoms with van der Waals surface area (Å²) < 4.78 is 44.2. The molecule has 1 atom stereocenters. The Kier molecular flexibility index (Phi) is 7.92. The van der Waals surface area contributed by atoms with Crippen LogP contribution in [-0.4, -0.2) is 6.61 Å². The van der Waals surface area contributed by atoms with Crippen LogP contribution in [0.3, 0.4) is 0 Å². The minimum Gasteiger partial charge on any atom is -0.435 e. The molecule has 3 rings (SSSR count). The summed E-state index contributed by atoms with van der Waals surface area (Å²) in [6.45, 7) is 1.50. The first-order chi connectivity index (χ1) is 14.0. The Morgan fingerprint density at radius 2 is 1.76 bits per heavy atom. The molecule has 0 aliphatic heterocycles. The van der Waals surface area contributed by atoms with E-state index < -0.39 is 12.4 Å². The van der Waals surface area contributed by atoms with Crippen LogP contribution in [-0.2, 0) is 0 Å². The quantitative estimate of drug-likeness (QED) is 0.417. The van der Waals surface area contributed by atoms with Gasteiger partial charge in [-0.05, 0) is 60.5 Å². The highest BCUT2D eigenvalue weighted by Crippen LogP contribution is 2.57. The van der Waals surface area contributed by atoms with Gasteiger partial charge in [-0.15, -0.1) is 0 Å². The maximum absolute atomic E-state index is 14.9. The van der Waals surface area contributed by atoms with E-state index >= 15 is 0 Å². The van der Waals surface area contributed by atoms with Gasteiger partial charge in [-0.2, -0.15) is 8.78 Å². The van der Waals surface area contributed by atoms with E-state index in [0.29, 0.717) is 11.5 Å². The van der Waals surface area contributed by atoms with E-state index in [0.717, 1.165) is 24.8 Å². The van der Waals surface area contributed by atoms with Gasteiger partial charge in [0.05, 0.1) is 0 Å². The number of ether oxygens (including phenoxy) is 1. The Morgan fingerprint density at radius 3 is 2.34 bits per heavy atom. The number of benzene rings is 1. The number of hydrogen-bond donors (Lipinski definition) is 0. The summed E-state index contributed by atoms with van der Waals surface area (Å²) >= 11 is 0. The van der Waals surface area contributed by atoms with Crippen molar-refractivity contribution in [2.24, 2.45) is 17.3 Å². The molecule has 0 radical (unpaired) electrons. The third-order valence-corrected chi connectivity index (χ3v) is 7.94. The van der Waals surface area contributed by atoms with Crippen LogP contribution in [0, 0.1) is 23.1 Å². The molecule has 0 bridgehead atoms. The first kappa shape index (κ1) is 22.5. The molecule has 2 fully saturated rings. The highest BCUT2D eigenvalue weighted by Gasteiger charge is 2.45. The summed E-state index contributed by atoms with van der Waals surface area (Å²) in [6.07, 6.45) is 15.1. The van der Waals surface area contributed by atoms with Crippen molar-refractivity contribution >= 4 is 0 Å². The van der Waals surface area contributed by atoms with E-state index in [2.05, 4.69) is 18.6 Å². The average Bonchev–Trinajstić information content (AvgIpc) is 2.72. The van der Waals surface area contributed by atoms with E-state index in [4.69, 9.17) is 0 Å². The third kappa shape index (κ3) is 5.30. The molecule has 0 aromatic heterocycles. The number of hydrogen-bond acceptors (Lipinski definition) is 1. The lowest BCUT2D eigenvalue weighted by atomic mass is 9.54. The van der Waals surface area contributed by atoms with Crippen LogP contribution in [0.1, 0.15) is 102 Å². The van der Waals surface area contributed by atoms with Crippen molar-refractivity contribution in [1.29, 1.82) is 0 Å².